The van der Waals surface area contributed by atoms with Gasteiger partial charge in [-0.05, 0) is 6.42 Å². The van der Waals surface area contributed by atoms with Crippen molar-refractivity contribution in [3.05, 3.63) is 0 Å². The highest BCUT2D eigenvalue weighted by Gasteiger charge is 2.35. The van der Waals surface area contributed by atoms with Gasteiger partial charge in [0.25, 0.3) is 0 Å². The van der Waals surface area contributed by atoms with Gasteiger partial charge in [0.15, 0.2) is 0 Å². The molecule has 3 N–H and O–H groups in total. The lowest BCUT2D eigenvalue weighted by molar-refractivity contribution is -0.121. The average Bonchev–Trinajstić information content (AvgIpc) is 2.46. The smallest absolute Gasteiger partial charge is 0.221 e. The van der Waals surface area contributed by atoms with Gasteiger partial charge in [0.05, 0.1) is 5.92 Å². The summed E-state index contributed by atoms with van der Waals surface area (Å²) in [6.45, 7) is 4.00. The van der Waals surface area contributed by atoms with E-state index in [9.17, 15) is 4.79 Å². The minimum Gasteiger partial charge on any atom is -0.369 e. The molecule has 0 aromatic rings. The second-order valence-electron chi connectivity index (χ2n) is 3.69. The number of carbonyl (C=O) groups is 1. The van der Waals surface area contributed by atoms with Crippen molar-refractivity contribution in [1.82, 2.24) is 10.2 Å². The maximum absolute atomic E-state index is 10.9. The molecule has 2 heterocycles. The summed E-state index contributed by atoms with van der Waals surface area (Å²) >= 11 is 0. The second-order valence-corrected chi connectivity index (χ2v) is 3.69. The molecule has 68 valence electrons. The van der Waals surface area contributed by atoms with E-state index in [1.54, 1.807) is 0 Å². The molecule has 12 heavy (non-hydrogen) atoms. The highest BCUT2D eigenvalue weighted by molar-refractivity contribution is 5.77. The van der Waals surface area contributed by atoms with Crippen molar-refractivity contribution in [1.29, 1.82) is 0 Å². The van der Waals surface area contributed by atoms with Gasteiger partial charge in [-0.2, -0.15) is 0 Å². The summed E-state index contributed by atoms with van der Waals surface area (Å²) in [6, 6.07) is 0.552. The van der Waals surface area contributed by atoms with Crippen molar-refractivity contribution in [2.24, 2.45) is 11.7 Å². The zero-order chi connectivity index (χ0) is 8.55. The molecule has 2 rings (SSSR count). The summed E-state index contributed by atoms with van der Waals surface area (Å²) in [6.07, 6.45) is 0.947. The summed E-state index contributed by atoms with van der Waals surface area (Å²) < 4.78 is 0. The number of nitrogens with two attached hydrogens (primary N) is 1. The van der Waals surface area contributed by atoms with Gasteiger partial charge in [-0.3, -0.25) is 9.69 Å². The minimum absolute atomic E-state index is 0.0925. The molecule has 0 saturated carbocycles. The number of primary amides is 1. The van der Waals surface area contributed by atoms with Crippen molar-refractivity contribution in [3.8, 4) is 0 Å². The molecule has 0 bridgehead atoms. The molecule has 2 aliphatic rings. The first-order chi connectivity index (χ1) is 5.77. The largest absolute Gasteiger partial charge is 0.369 e. The SMILES string of the molecule is NC(=O)C1CC2CNCCN2C1. The number of rotatable bonds is 1. The summed E-state index contributed by atoms with van der Waals surface area (Å²) in [4.78, 5) is 13.3. The first-order valence-electron chi connectivity index (χ1n) is 4.51. The fourth-order valence-corrected chi connectivity index (χ4v) is 2.17. The van der Waals surface area contributed by atoms with Crippen LogP contribution in [0, 0.1) is 5.92 Å². The number of hydrogen-bond donors (Lipinski definition) is 2. The van der Waals surface area contributed by atoms with Crippen molar-refractivity contribution < 1.29 is 4.79 Å². The normalized spacial score (nSPS) is 36.3. The third kappa shape index (κ3) is 1.32. The third-order valence-corrected chi connectivity index (χ3v) is 2.89. The lowest BCUT2D eigenvalue weighted by Gasteiger charge is -2.29. The van der Waals surface area contributed by atoms with Gasteiger partial charge in [-0.25, -0.2) is 0 Å². The van der Waals surface area contributed by atoms with Crippen LogP contribution in [0.3, 0.4) is 0 Å². The highest BCUT2D eigenvalue weighted by atomic mass is 16.1. The Hall–Kier alpha value is -0.610. The fourth-order valence-electron chi connectivity index (χ4n) is 2.17. The van der Waals surface area contributed by atoms with E-state index in [4.69, 9.17) is 5.73 Å². The standard InChI is InChI=1S/C8H15N3O/c9-8(12)6-3-7-4-10-1-2-11(7)5-6/h6-7,10H,1-5H2,(H2,9,12). The number of hydrogen-bond acceptors (Lipinski definition) is 3. The van der Waals surface area contributed by atoms with Crippen LogP contribution in [-0.4, -0.2) is 43.0 Å². The molecule has 2 saturated heterocycles. The Balaban J connectivity index is 1.98. The van der Waals surface area contributed by atoms with Crippen LogP contribution in [0.5, 0.6) is 0 Å². The summed E-state index contributed by atoms with van der Waals surface area (Å²) in [5.41, 5.74) is 5.27. The van der Waals surface area contributed by atoms with E-state index in [1.165, 1.54) is 0 Å². The molecule has 4 nitrogen and oxygen atoms in total. The zero-order valence-corrected chi connectivity index (χ0v) is 7.12. The van der Waals surface area contributed by atoms with Crippen LogP contribution in [0.1, 0.15) is 6.42 Å². The van der Waals surface area contributed by atoms with Crippen LogP contribution in [0.4, 0.5) is 0 Å². The minimum atomic E-state index is -0.135. The number of nitrogens with one attached hydrogen (secondary N) is 1. The van der Waals surface area contributed by atoms with Gasteiger partial charge in [-0.15, -0.1) is 0 Å². The summed E-state index contributed by atoms with van der Waals surface area (Å²) in [5.74, 6) is -0.0423. The Morgan fingerprint density at radius 1 is 1.58 bits per heavy atom. The molecule has 2 fully saturated rings. The number of carbonyl (C=O) groups excluding carboxylic acids is 1. The van der Waals surface area contributed by atoms with Crippen LogP contribution in [0.15, 0.2) is 0 Å². The molecule has 0 aromatic carbocycles. The van der Waals surface area contributed by atoms with Gasteiger partial charge in [0, 0.05) is 32.2 Å². The Kier molecular flexibility index (Phi) is 2.02. The lowest BCUT2D eigenvalue weighted by atomic mass is 10.1. The topological polar surface area (TPSA) is 58.4 Å². The van der Waals surface area contributed by atoms with Crippen molar-refractivity contribution in [3.63, 3.8) is 0 Å². The molecular formula is C8H15N3O. The first-order valence-corrected chi connectivity index (χ1v) is 4.51. The highest BCUT2D eigenvalue weighted by Crippen LogP contribution is 2.23. The molecule has 1 amide bonds. The van der Waals surface area contributed by atoms with Gasteiger partial charge in [0.2, 0.25) is 5.91 Å². The third-order valence-electron chi connectivity index (χ3n) is 2.89. The molecule has 2 atom stereocenters. The molecular weight excluding hydrogens is 154 g/mol. The average molecular weight is 169 g/mol. The van der Waals surface area contributed by atoms with Crippen LogP contribution in [0.2, 0.25) is 0 Å². The first kappa shape index (κ1) is 8.01. The summed E-state index contributed by atoms with van der Waals surface area (Å²) in [5, 5.41) is 3.32. The number of piperazine rings is 1. The van der Waals surface area contributed by atoms with E-state index in [0.29, 0.717) is 6.04 Å². The molecule has 0 radical (unpaired) electrons. The Labute approximate surface area is 72.1 Å². The lowest BCUT2D eigenvalue weighted by Crippen LogP contribution is -2.47. The van der Waals surface area contributed by atoms with Crippen LogP contribution >= 0.6 is 0 Å². The molecule has 2 aliphatic heterocycles. The second kappa shape index (κ2) is 3.03. The van der Waals surface area contributed by atoms with Gasteiger partial charge < -0.3 is 11.1 Å². The predicted octanol–water partition coefficient (Wildman–Crippen LogP) is -1.23. The number of fused-ring (bicyclic) bond motifs is 1. The number of nitrogens with zero attached hydrogens (tertiary/aromatic N) is 1. The van der Waals surface area contributed by atoms with Crippen LogP contribution in [-0.2, 0) is 4.79 Å². The van der Waals surface area contributed by atoms with E-state index in [0.717, 1.165) is 32.6 Å². The maximum Gasteiger partial charge on any atom is 0.221 e. The molecule has 4 heteroatoms. The van der Waals surface area contributed by atoms with Gasteiger partial charge >= 0.3 is 0 Å². The maximum atomic E-state index is 10.9. The van der Waals surface area contributed by atoms with Crippen LogP contribution in [0.25, 0.3) is 0 Å². The quantitative estimate of drug-likeness (QED) is 0.516. The molecule has 0 aliphatic carbocycles. The number of amides is 1. The van der Waals surface area contributed by atoms with E-state index >= 15 is 0 Å². The Morgan fingerprint density at radius 3 is 3.08 bits per heavy atom. The predicted molar refractivity (Wildman–Crippen MR) is 45.5 cm³/mol. The van der Waals surface area contributed by atoms with Gasteiger partial charge in [-0.1, -0.05) is 0 Å². The summed E-state index contributed by atoms with van der Waals surface area (Å²) in [7, 11) is 0. The van der Waals surface area contributed by atoms with Gasteiger partial charge in [0.1, 0.15) is 0 Å². The molecule has 2 unspecified atom stereocenters. The van der Waals surface area contributed by atoms with Crippen molar-refractivity contribution >= 4 is 5.91 Å². The van der Waals surface area contributed by atoms with E-state index in [1.807, 2.05) is 0 Å². The molecule has 0 spiro atoms. The van der Waals surface area contributed by atoms with E-state index in [-0.39, 0.29) is 11.8 Å². The van der Waals surface area contributed by atoms with Crippen LogP contribution < -0.4 is 11.1 Å². The Morgan fingerprint density at radius 2 is 2.42 bits per heavy atom. The van der Waals surface area contributed by atoms with Crippen molar-refractivity contribution in [2.45, 2.75) is 12.5 Å². The van der Waals surface area contributed by atoms with E-state index in [2.05, 4.69) is 10.2 Å². The monoisotopic (exact) mass is 169 g/mol. The van der Waals surface area contributed by atoms with Crippen molar-refractivity contribution in [2.75, 3.05) is 26.2 Å². The Bertz CT molecular complexity index is 181. The molecule has 0 aromatic heterocycles. The zero-order valence-electron chi connectivity index (χ0n) is 7.12. The van der Waals surface area contributed by atoms with E-state index < -0.39 is 0 Å². The fraction of sp³-hybridized carbons (Fsp3) is 0.875.